The van der Waals surface area contributed by atoms with Crippen LogP contribution in [-0.4, -0.2) is 10.5 Å². The average molecular weight is 275 g/mol. The Morgan fingerprint density at radius 3 is 2.58 bits per heavy atom. The first-order valence-electron chi connectivity index (χ1n) is 5.92. The second kappa shape index (κ2) is 5.33. The number of hydrogen-bond donors (Lipinski definition) is 1. The number of carbonyl (C=O) groups is 1. The van der Waals surface area contributed by atoms with Gasteiger partial charge in [-0.25, -0.2) is 0 Å². The number of hydrogen-bond acceptors (Lipinski definition) is 1. The van der Waals surface area contributed by atoms with Crippen LogP contribution in [0.1, 0.15) is 16.1 Å². The van der Waals surface area contributed by atoms with Crippen LogP contribution in [0, 0.1) is 6.92 Å². The minimum atomic E-state index is -0.512. The molecule has 4 heteroatoms. The summed E-state index contributed by atoms with van der Waals surface area (Å²) in [4.78, 5) is 11.5. The number of halogens is 1. The number of carbonyl (C=O) groups excluding carboxylic acids is 1. The molecule has 2 rings (SSSR count). The zero-order valence-corrected chi connectivity index (χ0v) is 11.4. The Morgan fingerprint density at radius 2 is 2.05 bits per heavy atom. The Kier molecular flexibility index (Phi) is 3.76. The smallest absolute Gasteiger partial charge is 0.252 e. The molecule has 0 spiro atoms. The Balaban J connectivity index is 2.75. The van der Waals surface area contributed by atoms with Crippen LogP contribution in [0.2, 0.25) is 5.02 Å². The van der Waals surface area contributed by atoms with E-state index in [4.69, 9.17) is 17.3 Å². The first-order chi connectivity index (χ1) is 9.07. The summed E-state index contributed by atoms with van der Waals surface area (Å²) in [7, 11) is 0. The Hall–Kier alpha value is -2.00. The second-order valence-electron chi connectivity index (χ2n) is 4.25. The number of amides is 1. The third-order valence-electron chi connectivity index (χ3n) is 3.07. The van der Waals surface area contributed by atoms with E-state index in [2.05, 4.69) is 6.58 Å². The third kappa shape index (κ3) is 2.29. The first-order valence-corrected chi connectivity index (χ1v) is 6.30. The topological polar surface area (TPSA) is 48.0 Å². The van der Waals surface area contributed by atoms with Gasteiger partial charge in [-0.15, -0.1) is 6.58 Å². The number of nitrogens with two attached hydrogens (primary N) is 1. The van der Waals surface area contributed by atoms with E-state index >= 15 is 0 Å². The molecule has 0 aliphatic carbocycles. The van der Waals surface area contributed by atoms with Crippen LogP contribution in [-0.2, 0) is 6.54 Å². The molecule has 2 aromatic rings. The quantitative estimate of drug-likeness (QED) is 0.854. The number of rotatable bonds is 4. The molecule has 0 radical (unpaired) electrons. The summed E-state index contributed by atoms with van der Waals surface area (Å²) >= 11 is 6.34. The van der Waals surface area contributed by atoms with Gasteiger partial charge in [-0.3, -0.25) is 4.79 Å². The van der Waals surface area contributed by atoms with Crippen molar-refractivity contribution in [3.05, 3.63) is 59.3 Å². The summed E-state index contributed by atoms with van der Waals surface area (Å²) in [5, 5.41) is 0.401. The molecule has 0 bridgehead atoms. The summed E-state index contributed by atoms with van der Waals surface area (Å²) in [5.74, 6) is -0.512. The average Bonchev–Trinajstić information content (AvgIpc) is 2.63. The van der Waals surface area contributed by atoms with Crippen LogP contribution in [0.5, 0.6) is 0 Å². The van der Waals surface area contributed by atoms with Gasteiger partial charge < -0.3 is 10.3 Å². The zero-order chi connectivity index (χ0) is 14.0. The van der Waals surface area contributed by atoms with Gasteiger partial charge >= 0.3 is 0 Å². The number of primary amides is 1. The van der Waals surface area contributed by atoms with Crippen molar-refractivity contribution >= 4 is 17.5 Å². The van der Waals surface area contributed by atoms with Gasteiger partial charge in [0, 0.05) is 12.2 Å². The molecule has 0 aliphatic heterocycles. The lowest BCUT2D eigenvalue weighted by Crippen LogP contribution is -2.12. The molecule has 1 aromatic carbocycles. The Labute approximate surface area is 117 Å². The van der Waals surface area contributed by atoms with E-state index in [1.54, 1.807) is 6.08 Å². The second-order valence-corrected chi connectivity index (χ2v) is 4.63. The molecule has 3 nitrogen and oxygen atoms in total. The standard InChI is InChI=1S/C15H15ClN2O/c1-3-9-18-10(2)12(15(17)19)13(16)14(18)11-7-5-4-6-8-11/h3-8H,1,9H2,2H3,(H2,17,19). The van der Waals surface area contributed by atoms with Crippen LogP contribution in [0.25, 0.3) is 11.3 Å². The molecule has 1 aromatic heterocycles. The number of nitrogens with zero attached hydrogens (tertiary/aromatic N) is 1. The monoisotopic (exact) mass is 274 g/mol. The van der Waals surface area contributed by atoms with Gasteiger partial charge in [0.1, 0.15) is 0 Å². The van der Waals surface area contributed by atoms with Gasteiger partial charge in [0.05, 0.1) is 16.3 Å². The lowest BCUT2D eigenvalue weighted by molar-refractivity contribution is 0.1000. The highest BCUT2D eigenvalue weighted by molar-refractivity contribution is 6.36. The minimum Gasteiger partial charge on any atom is -0.365 e. The number of allylic oxidation sites excluding steroid dienone is 1. The van der Waals surface area contributed by atoms with Gasteiger partial charge in [0.15, 0.2) is 0 Å². The predicted octanol–water partition coefficient (Wildman–Crippen LogP) is 3.40. The summed E-state index contributed by atoms with van der Waals surface area (Å²) < 4.78 is 1.95. The molecular weight excluding hydrogens is 260 g/mol. The number of benzene rings is 1. The maximum Gasteiger partial charge on any atom is 0.252 e. The maximum atomic E-state index is 11.5. The number of aromatic nitrogens is 1. The van der Waals surface area contributed by atoms with Gasteiger partial charge in [-0.05, 0) is 12.5 Å². The van der Waals surface area contributed by atoms with E-state index in [0.717, 1.165) is 17.0 Å². The van der Waals surface area contributed by atoms with Gasteiger partial charge in [0.25, 0.3) is 5.91 Å². The van der Waals surface area contributed by atoms with Gasteiger partial charge in [0.2, 0.25) is 0 Å². The fourth-order valence-corrected chi connectivity index (χ4v) is 2.66. The van der Waals surface area contributed by atoms with E-state index < -0.39 is 5.91 Å². The highest BCUT2D eigenvalue weighted by Crippen LogP contribution is 2.35. The molecule has 0 fully saturated rings. The normalized spacial score (nSPS) is 10.4. The molecule has 0 atom stereocenters. The zero-order valence-electron chi connectivity index (χ0n) is 10.7. The molecule has 2 N–H and O–H groups in total. The van der Waals surface area contributed by atoms with Gasteiger partial charge in [-0.1, -0.05) is 48.0 Å². The molecule has 98 valence electrons. The van der Waals surface area contributed by atoms with E-state index in [-0.39, 0.29) is 0 Å². The summed E-state index contributed by atoms with van der Waals surface area (Å²) in [6, 6.07) is 9.68. The SMILES string of the molecule is C=CCn1c(C)c(C(N)=O)c(Cl)c1-c1ccccc1. The lowest BCUT2D eigenvalue weighted by Gasteiger charge is -2.09. The van der Waals surface area contributed by atoms with Crippen molar-refractivity contribution in [1.29, 1.82) is 0 Å². The molecule has 1 amide bonds. The fourth-order valence-electron chi connectivity index (χ4n) is 2.22. The molecule has 0 saturated heterocycles. The summed E-state index contributed by atoms with van der Waals surface area (Å²) in [6.07, 6.45) is 1.76. The molecule has 19 heavy (non-hydrogen) atoms. The fraction of sp³-hybridized carbons (Fsp3) is 0.133. The lowest BCUT2D eigenvalue weighted by atomic mass is 10.1. The van der Waals surface area contributed by atoms with Crippen LogP contribution in [0.3, 0.4) is 0 Å². The summed E-state index contributed by atoms with van der Waals surface area (Å²) in [5.41, 5.74) is 8.30. The molecule has 0 aliphatic rings. The van der Waals surface area contributed by atoms with Crippen molar-refractivity contribution in [3.8, 4) is 11.3 Å². The molecule has 0 unspecified atom stereocenters. The van der Waals surface area contributed by atoms with Crippen molar-refractivity contribution < 1.29 is 4.79 Å². The van der Waals surface area contributed by atoms with Crippen molar-refractivity contribution in [2.45, 2.75) is 13.5 Å². The van der Waals surface area contributed by atoms with Crippen molar-refractivity contribution in [2.75, 3.05) is 0 Å². The van der Waals surface area contributed by atoms with E-state index in [1.807, 2.05) is 41.8 Å². The predicted molar refractivity (Wildman–Crippen MR) is 78.3 cm³/mol. The van der Waals surface area contributed by atoms with Crippen molar-refractivity contribution in [1.82, 2.24) is 4.57 Å². The maximum absolute atomic E-state index is 11.5. The van der Waals surface area contributed by atoms with Crippen molar-refractivity contribution in [2.24, 2.45) is 5.73 Å². The van der Waals surface area contributed by atoms with E-state index in [1.165, 1.54) is 0 Å². The molecule has 0 saturated carbocycles. The Bertz CT molecular complexity index is 629. The van der Waals surface area contributed by atoms with E-state index in [9.17, 15) is 4.79 Å². The highest BCUT2D eigenvalue weighted by atomic mass is 35.5. The summed E-state index contributed by atoms with van der Waals surface area (Å²) in [6.45, 7) is 6.14. The first kappa shape index (κ1) is 13.4. The van der Waals surface area contributed by atoms with Crippen LogP contribution < -0.4 is 5.73 Å². The molecular formula is C15H15ClN2O. The largest absolute Gasteiger partial charge is 0.365 e. The van der Waals surface area contributed by atoms with Crippen LogP contribution in [0.4, 0.5) is 0 Å². The van der Waals surface area contributed by atoms with Gasteiger partial charge in [-0.2, -0.15) is 0 Å². The highest BCUT2D eigenvalue weighted by Gasteiger charge is 2.22. The van der Waals surface area contributed by atoms with E-state index in [0.29, 0.717) is 17.1 Å². The molecule has 1 heterocycles. The Morgan fingerprint density at radius 1 is 1.42 bits per heavy atom. The minimum absolute atomic E-state index is 0.377. The van der Waals surface area contributed by atoms with Crippen molar-refractivity contribution in [3.63, 3.8) is 0 Å². The van der Waals surface area contributed by atoms with Crippen LogP contribution in [0.15, 0.2) is 43.0 Å². The third-order valence-corrected chi connectivity index (χ3v) is 3.44. The van der Waals surface area contributed by atoms with Crippen LogP contribution >= 0.6 is 11.6 Å².